The molecule has 0 fully saturated rings. The number of ether oxygens (including phenoxy) is 3. The quantitative estimate of drug-likeness (QED) is 0.302. The molecule has 0 bridgehead atoms. The van der Waals surface area contributed by atoms with E-state index >= 15 is 0 Å². The second-order valence-electron chi connectivity index (χ2n) is 7.11. The van der Waals surface area contributed by atoms with Crippen molar-refractivity contribution in [3.05, 3.63) is 87.7 Å². The van der Waals surface area contributed by atoms with Crippen LogP contribution >= 0.6 is 23.8 Å². The van der Waals surface area contributed by atoms with Crippen LogP contribution in [0.4, 0.5) is 0 Å². The number of hydrogen-bond acceptors (Lipinski definition) is 6. The summed E-state index contributed by atoms with van der Waals surface area (Å²) in [5, 5.41) is 7.64. The summed E-state index contributed by atoms with van der Waals surface area (Å²) in [6, 6.07) is 21.2. The largest absolute Gasteiger partial charge is 0.496 e. The second kappa shape index (κ2) is 10.4. The van der Waals surface area contributed by atoms with Crippen molar-refractivity contribution in [1.82, 2.24) is 14.9 Å². The Kier molecular flexibility index (Phi) is 7.16. The number of nitrogens with zero attached hydrogens (tertiary/aromatic N) is 2. The number of aromatic nitrogens is 3. The van der Waals surface area contributed by atoms with Gasteiger partial charge in [0.05, 0.1) is 31.4 Å². The molecule has 0 spiro atoms. The number of nitrogens with one attached hydrogen (secondary N) is 2. The summed E-state index contributed by atoms with van der Waals surface area (Å²) in [7, 11) is 3.21. The lowest BCUT2D eigenvalue weighted by Crippen LogP contribution is -2.16. The predicted molar refractivity (Wildman–Crippen MR) is 131 cm³/mol. The highest BCUT2D eigenvalue weighted by Crippen LogP contribution is 2.37. The molecule has 3 aromatic carbocycles. The third-order valence-electron chi connectivity index (χ3n) is 4.98. The molecule has 7 nitrogen and oxygen atoms in total. The second-order valence-corrected chi connectivity index (χ2v) is 7.90. The molecule has 0 unspecified atom stereocenters. The molecule has 0 aliphatic heterocycles. The maximum atomic E-state index is 6.54. The van der Waals surface area contributed by atoms with Crippen molar-refractivity contribution in [1.29, 1.82) is 0 Å². The third-order valence-corrected chi connectivity index (χ3v) is 5.53. The molecule has 33 heavy (non-hydrogen) atoms. The molecule has 0 saturated heterocycles. The number of benzene rings is 3. The van der Waals surface area contributed by atoms with Crippen molar-refractivity contribution in [3.63, 3.8) is 0 Å². The minimum Gasteiger partial charge on any atom is -0.496 e. The van der Waals surface area contributed by atoms with E-state index in [1.807, 2.05) is 66.7 Å². The molecule has 0 aliphatic rings. The van der Waals surface area contributed by atoms with E-state index in [4.69, 9.17) is 38.0 Å². The summed E-state index contributed by atoms with van der Waals surface area (Å²) in [5.41, 5.74) is 6.03. The summed E-state index contributed by atoms with van der Waals surface area (Å²) in [5.74, 6) is 2.36. The minimum atomic E-state index is 0.390. The first-order chi connectivity index (χ1) is 16.1. The van der Waals surface area contributed by atoms with Gasteiger partial charge >= 0.3 is 0 Å². The topological polar surface area (TPSA) is 73.3 Å². The summed E-state index contributed by atoms with van der Waals surface area (Å²) < 4.78 is 19.1. The van der Waals surface area contributed by atoms with Crippen LogP contribution in [0.3, 0.4) is 0 Å². The van der Waals surface area contributed by atoms with Crippen molar-refractivity contribution < 1.29 is 14.2 Å². The third kappa shape index (κ3) is 5.13. The Morgan fingerprint density at radius 3 is 2.45 bits per heavy atom. The lowest BCUT2D eigenvalue weighted by molar-refractivity contribution is 0.284. The number of aromatic amines is 1. The van der Waals surface area contributed by atoms with Crippen LogP contribution in [-0.2, 0) is 13.2 Å². The Bertz CT molecular complexity index is 1290. The SMILES string of the molecule is COc1ccccc1-c1n[nH]c(=S)n1NCc1cc(Cl)c(OCc2ccccc2)c(OC)c1. The lowest BCUT2D eigenvalue weighted by Gasteiger charge is -2.16. The molecular weight excluding hydrogens is 460 g/mol. The van der Waals surface area contributed by atoms with Crippen LogP contribution in [0.5, 0.6) is 17.2 Å². The summed E-state index contributed by atoms with van der Waals surface area (Å²) in [6.45, 7) is 0.812. The number of methoxy groups -OCH3 is 2. The fourth-order valence-electron chi connectivity index (χ4n) is 3.37. The minimum absolute atomic E-state index is 0.390. The highest BCUT2D eigenvalue weighted by atomic mass is 35.5. The number of rotatable bonds is 9. The average Bonchev–Trinajstić information content (AvgIpc) is 3.22. The first-order valence-electron chi connectivity index (χ1n) is 10.2. The molecule has 0 saturated carbocycles. The molecule has 4 rings (SSSR count). The van der Waals surface area contributed by atoms with Gasteiger partial charge in [-0.05, 0) is 47.6 Å². The zero-order valence-electron chi connectivity index (χ0n) is 18.2. The molecule has 1 aromatic heterocycles. The zero-order chi connectivity index (χ0) is 23.2. The van der Waals surface area contributed by atoms with Gasteiger partial charge in [0.1, 0.15) is 12.4 Å². The molecule has 170 valence electrons. The number of halogens is 1. The number of para-hydroxylation sites is 1. The van der Waals surface area contributed by atoms with Crippen LogP contribution < -0.4 is 19.6 Å². The molecule has 4 aromatic rings. The molecule has 0 aliphatic carbocycles. The van der Waals surface area contributed by atoms with E-state index in [9.17, 15) is 0 Å². The van der Waals surface area contributed by atoms with Crippen molar-refractivity contribution in [3.8, 4) is 28.6 Å². The van der Waals surface area contributed by atoms with E-state index < -0.39 is 0 Å². The molecular formula is C24H23ClN4O3S. The highest BCUT2D eigenvalue weighted by Gasteiger charge is 2.15. The monoisotopic (exact) mass is 482 g/mol. The summed E-state index contributed by atoms with van der Waals surface area (Å²) in [6.07, 6.45) is 0. The Balaban J connectivity index is 1.54. The van der Waals surface area contributed by atoms with Crippen LogP contribution in [0, 0.1) is 4.77 Å². The molecule has 1 heterocycles. The van der Waals surface area contributed by atoms with Gasteiger partial charge in [-0.3, -0.25) is 0 Å². The smallest absolute Gasteiger partial charge is 0.214 e. The van der Waals surface area contributed by atoms with Crippen molar-refractivity contribution >= 4 is 23.8 Å². The molecule has 0 atom stereocenters. The maximum absolute atomic E-state index is 6.54. The van der Waals surface area contributed by atoms with Crippen molar-refractivity contribution in [2.45, 2.75) is 13.2 Å². The standard InChI is InChI=1S/C24H23ClN4O3S/c1-30-20-11-7-6-10-18(20)23-27-28-24(33)29(23)26-14-17-12-19(25)22(21(13-17)31-2)32-15-16-8-4-3-5-9-16/h3-13,26H,14-15H2,1-2H3,(H,28,33). The Morgan fingerprint density at radius 2 is 1.70 bits per heavy atom. The molecule has 0 radical (unpaired) electrons. The van der Waals surface area contributed by atoms with Gasteiger partial charge in [-0.1, -0.05) is 54.1 Å². The first kappa shape index (κ1) is 22.7. The van der Waals surface area contributed by atoms with Gasteiger partial charge in [0, 0.05) is 0 Å². The van der Waals surface area contributed by atoms with Crippen molar-refractivity contribution in [2.24, 2.45) is 0 Å². The van der Waals surface area contributed by atoms with Crippen molar-refractivity contribution in [2.75, 3.05) is 19.6 Å². The van der Waals surface area contributed by atoms with Crippen LogP contribution in [0.2, 0.25) is 5.02 Å². The molecule has 0 amide bonds. The zero-order valence-corrected chi connectivity index (χ0v) is 19.7. The van der Waals surface area contributed by atoms with E-state index in [0.717, 1.165) is 16.7 Å². The van der Waals surface area contributed by atoms with E-state index in [-0.39, 0.29) is 0 Å². The van der Waals surface area contributed by atoms with E-state index in [1.165, 1.54) is 0 Å². The van der Waals surface area contributed by atoms with Crippen LogP contribution in [-0.4, -0.2) is 29.1 Å². The van der Waals surface area contributed by atoms with Gasteiger partial charge in [-0.2, -0.15) is 5.10 Å². The van der Waals surface area contributed by atoms with Crippen LogP contribution in [0.1, 0.15) is 11.1 Å². The van der Waals surface area contributed by atoms with Crippen LogP contribution in [0.15, 0.2) is 66.7 Å². The average molecular weight is 483 g/mol. The highest BCUT2D eigenvalue weighted by molar-refractivity contribution is 7.71. The lowest BCUT2D eigenvalue weighted by atomic mass is 10.2. The van der Waals surface area contributed by atoms with E-state index in [1.54, 1.807) is 18.9 Å². The van der Waals surface area contributed by atoms with Crippen LogP contribution in [0.25, 0.3) is 11.4 Å². The Morgan fingerprint density at radius 1 is 0.970 bits per heavy atom. The maximum Gasteiger partial charge on any atom is 0.214 e. The summed E-state index contributed by atoms with van der Waals surface area (Å²) in [4.78, 5) is 0. The van der Waals surface area contributed by atoms with Gasteiger partial charge in [-0.15, -0.1) is 0 Å². The Labute approximate surface area is 201 Å². The molecule has 9 heteroatoms. The van der Waals surface area contributed by atoms with Gasteiger partial charge in [0.25, 0.3) is 0 Å². The normalized spacial score (nSPS) is 10.6. The van der Waals surface area contributed by atoms with E-state index in [2.05, 4.69) is 15.6 Å². The number of hydrogen-bond donors (Lipinski definition) is 2. The van der Waals surface area contributed by atoms with Gasteiger partial charge in [0.15, 0.2) is 17.3 Å². The van der Waals surface area contributed by atoms with E-state index in [0.29, 0.717) is 46.0 Å². The fraction of sp³-hybridized carbons (Fsp3) is 0.167. The first-order valence-corrected chi connectivity index (χ1v) is 11.0. The Hall–Kier alpha value is -3.49. The fourth-order valence-corrected chi connectivity index (χ4v) is 3.85. The van der Waals surface area contributed by atoms with Gasteiger partial charge in [-0.25, -0.2) is 9.77 Å². The predicted octanol–water partition coefficient (Wildman–Crippen LogP) is 5.60. The van der Waals surface area contributed by atoms with Gasteiger partial charge in [0.2, 0.25) is 4.77 Å². The summed E-state index contributed by atoms with van der Waals surface area (Å²) >= 11 is 12.0. The molecule has 2 N–H and O–H groups in total. The van der Waals surface area contributed by atoms with Gasteiger partial charge < -0.3 is 19.6 Å². The number of H-pyrrole nitrogens is 1.